The number of anilines is 1. The number of aromatic nitrogens is 2. The minimum Gasteiger partial charge on any atom is -0.388 e. The first kappa shape index (κ1) is 13.6. The Kier molecular flexibility index (Phi) is 4.19. The van der Waals surface area contributed by atoms with Crippen molar-refractivity contribution in [3.8, 4) is 0 Å². The molecular weight excluding hydrogens is 242 g/mol. The Labute approximate surface area is 112 Å². The number of amidine groups is 1. The molecule has 1 saturated carbocycles. The van der Waals surface area contributed by atoms with Gasteiger partial charge in [0.15, 0.2) is 5.82 Å². The highest BCUT2D eigenvalue weighted by Gasteiger charge is 2.31. The maximum atomic E-state index is 12.4. The van der Waals surface area contributed by atoms with E-state index in [9.17, 15) is 4.79 Å². The molecule has 1 heterocycles. The Hall–Kier alpha value is -1.85. The largest absolute Gasteiger partial charge is 0.388 e. The van der Waals surface area contributed by atoms with Gasteiger partial charge < -0.3 is 15.2 Å². The Balaban J connectivity index is 2.23. The number of rotatable bonds is 7. The molecule has 6 nitrogen and oxygen atoms in total. The molecule has 19 heavy (non-hydrogen) atoms. The van der Waals surface area contributed by atoms with E-state index in [1.165, 1.54) is 0 Å². The van der Waals surface area contributed by atoms with Crippen LogP contribution < -0.4 is 16.2 Å². The summed E-state index contributed by atoms with van der Waals surface area (Å²) in [7, 11) is 0. The maximum absolute atomic E-state index is 12.4. The minimum absolute atomic E-state index is 0.0418. The highest BCUT2D eigenvalue weighted by atomic mass is 16.1. The van der Waals surface area contributed by atoms with Crippen LogP contribution in [-0.2, 0) is 6.54 Å². The molecule has 6 heteroatoms. The molecule has 3 N–H and O–H groups in total. The van der Waals surface area contributed by atoms with Crippen molar-refractivity contribution >= 4 is 11.7 Å². The molecule has 0 bridgehead atoms. The molecule has 0 spiro atoms. The Bertz CT molecular complexity index is 506. The molecule has 1 aromatic rings. The van der Waals surface area contributed by atoms with Gasteiger partial charge in [0.2, 0.25) is 0 Å². The second-order valence-corrected chi connectivity index (χ2v) is 4.95. The van der Waals surface area contributed by atoms with Crippen LogP contribution in [0.2, 0.25) is 0 Å². The molecular formula is C13H21N5O. The van der Waals surface area contributed by atoms with Crippen LogP contribution in [0.15, 0.2) is 17.2 Å². The van der Waals surface area contributed by atoms with Gasteiger partial charge in [-0.05, 0) is 19.3 Å². The number of hydrogen-bond donors (Lipinski definition) is 2. The van der Waals surface area contributed by atoms with Crippen LogP contribution in [0.4, 0.5) is 5.82 Å². The first-order valence-corrected chi connectivity index (χ1v) is 6.78. The zero-order chi connectivity index (χ0) is 13.8. The number of hydrogen-bond acceptors (Lipinski definition) is 4. The topological polar surface area (TPSA) is 88.0 Å². The van der Waals surface area contributed by atoms with Crippen LogP contribution in [0, 0.1) is 5.41 Å². The molecule has 1 aromatic heterocycles. The zero-order valence-corrected chi connectivity index (χ0v) is 11.3. The highest BCUT2D eigenvalue weighted by molar-refractivity contribution is 5.77. The lowest BCUT2D eigenvalue weighted by Crippen LogP contribution is -2.37. The summed E-state index contributed by atoms with van der Waals surface area (Å²) < 4.78 is 1.70. The van der Waals surface area contributed by atoms with Crippen molar-refractivity contribution in [3.05, 3.63) is 22.7 Å². The minimum atomic E-state index is -0.0418. The van der Waals surface area contributed by atoms with Crippen LogP contribution in [0.25, 0.3) is 0 Å². The summed E-state index contributed by atoms with van der Waals surface area (Å²) in [5, 5.41) is 7.32. The molecule has 0 aromatic carbocycles. The van der Waals surface area contributed by atoms with Crippen LogP contribution in [-0.4, -0.2) is 28.0 Å². The van der Waals surface area contributed by atoms with Gasteiger partial charge in [0, 0.05) is 37.9 Å². The summed E-state index contributed by atoms with van der Waals surface area (Å²) in [4.78, 5) is 18.6. The molecule has 0 radical (unpaired) electrons. The van der Waals surface area contributed by atoms with Gasteiger partial charge >= 0.3 is 0 Å². The normalized spacial score (nSPS) is 14.4. The summed E-state index contributed by atoms with van der Waals surface area (Å²) >= 11 is 0. The van der Waals surface area contributed by atoms with Crippen molar-refractivity contribution in [3.63, 3.8) is 0 Å². The van der Waals surface area contributed by atoms with E-state index in [4.69, 9.17) is 11.1 Å². The second-order valence-electron chi connectivity index (χ2n) is 4.95. The lowest BCUT2D eigenvalue weighted by Gasteiger charge is -2.23. The average molecular weight is 263 g/mol. The van der Waals surface area contributed by atoms with Gasteiger partial charge in [-0.15, -0.1) is 0 Å². The standard InChI is InChI=1S/C13H21N5O/c1-2-7-17-9-6-16-12(13(17)19)18(10-3-4-10)8-5-11(14)15/h6,9-10H,2-5,7-8H2,1H3,(H3,14,15). The van der Waals surface area contributed by atoms with Gasteiger partial charge in [0.25, 0.3) is 5.56 Å². The van der Waals surface area contributed by atoms with Crippen LogP contribution in [0.1, 0.15) is 32.6 Å². The van der Waals surface area contributed by atoms with E-state index < -0.39 is 0 Å². The fraction of sp³-hybridized carbons (Fsp3) is 0.615. The van der Waals surface area contributed by atoms with E-state index in [2.05, 4.69) is 4.98 Å². The molecule has 1 fully saturated rings. The lowest BCUT2D eigenvalue weighted by atomic mass is 10.3. The fourth-order valence-corrected chi connectivity index (χ4v) is 2.14. The number of nitrogens with two attached hydrogens (primary N) is 1. The molecule has 1 aliphatic rings. The first-order chi connectivity index (χ1) is 9.13. The third kappa shape index (κ3) is 3.33. The van der Waals surface area contributed by atoms with Gasteiger partial charge in [-0.25, -0.2) is 4.98 Å². The molecule has 0 atom stereocenters. The average Bonchev–Trinajstić information content (AvgIpc) is 3.18. The third-order valence-corrected chi connectivity index (χ3v) is 3.24. The van der Waals surface area contributed by atoms with Gasteiger partial charge in [0.05, 0.1) is 5.84 Å². The monoisotopic (exact) mass is 263 g/mol. The summed E-state index contributed by atoms with van der Waals surface area (Å²) in [6.45, 7) is 3.35. The number of nitrogens with zero attached hydrogens (tertiary/aromatic N) is 3. The Morgan fingerprint density at radius 3 is 2.95 bits per heavy atom. The summed E-state index contributed by atoms with van der Waals surface area (Å²) in [6.07, 6.45) is 6.96. The summed E-state index contributed by atoms with van der Waals surface area (Å²) in [6, 6.07) is 0.386. The van der Waals surface area contributed by atoms with Gasteiger partial charge in [0.1, 0.15) is 0 Å². The van der Waals surface area contributed by atoms with Crippen molar-refractivity contribution in [2.45, 2.75) is 45.2 Å². The van der Waals surface area contributed by atoms with Crippen LogP contribution in [0.5, 0.6) is 0 Å². The second kappa shape index (κ2) is 5.86. The highest BCUT2D eigenvalue weighted by Crippen LogP contribution is 2.29. The third-order valence-electron chi connectivity index (χ3n) is 3.24. The molecule has 0 amide bonds. The maximum Gasteiger partial charge on any atom is 0.293 e. The summed E-state index contributed by atoms with van der Waals surface area (Å²) in [5.74, 6) is 0.648. The predicted octanol–water partition coefficient (Wildman–Crippen LogP) is 0.948. The van der Waals surface area contributed by atoms with Gasteiger partial charge in [-0.2, -0.15) is 0 Å². The molecule has 1 aliphatic carbocycles. The van der Waals surface area contributed by atoms with E-state index >= 15 is 0 Å². The van der Waals surface area contributed by atoms with Crippen molar-refractivity contribution in [2.24, 2.45) is 5.73 Å². The Morgan fingerprint density at radius 1 is 1.63 bits per heavy atom. The lowest BCUT2D eigenvalue weighted by molar-refractivity contribution is 0.639. The fourth-order valence-electron chi connectivity index (χ4n) is 2.14. The van der Waals surface area contributed by atoms with Gasteiger partial charge in [-0.3, -0.25) is 10.2 Å². The van der Waals surface area contributed by atoms with E-state index in [0.717, 1.165) is 19.3 Å². The molecule has 0 aliphatic heterocycles. The smallest absolute Gasteiger partial charge is 0.293 e. The molecule has 0 unspecified atom stereocenters. The van der Waals surface area contributed by atoms with Crippen molar-refractivity contribution < 1.29 is 0 Å². The van der Waals surface area contributed by atoms with Crippen molar-refractivity contribution in [1.82, 2.24) is 9.55 Å². The Morgan fingerprint density at radius 2 is 2.37 bits per heavy atom. The van der Waals surface area contributed by atoms with E-state index in [1.54, 1.807) is 17.0 Å². The number of nitrogens with one attached hydrogen (secondary N) is 1. The molecule has 2 rings (SSSR count). The quantitative estimate of drug-likeness (QED) is 0.566. The first-order valence-electron chi connectivity index (χ1n) is 6.78. The number of aryl methyl sites for hydroxylation is 1. The molecule has 104 valence electrons. The SMILES string of the molecule is CCCn1ccnc(N(CCC(=N)N)C2CC2)c1=O. The molecule has 0 saturated heterocycles. The predicted molar refractivity (Wildman–Crippen MR) is 75.7 cm³/mol. The van der Waals surface area contributed by atoms with Crippen LogP contribution in [0.3, 0.4) is 0 Å². The van der Waals surface area contributed by atoms with E-state index in [0.29, 0.717) is 31.4 Å². The van der Waals surface area contributed by atoms with E-state index in [-0.39, 0.29) is 11.4 Å². The zero-order valence-electron chi connectivity index (χ0n) is 11.3. The van der Waals surface area contributed by atoms with E-state index in [1.807, 2.05) is 11.8 Å². The van der Waals surface area contributed by atoms with Crippen LogP contribution >= 0.6 is 0 Å². The van der Waals surface area contributed by atoms with Crippen molar-refractivity contribution in [2.75, 3.05) is 11.4 Å². The summed E-state index contributed by atoms with van der Waals surface area (Å²) in [5.41, 5.74) is 5.37. The van der Waals surface area contributed by atoms with Gasteiger partial charge in [-0.1, -0.05) is 6.92 Å². The van der Waals surface area contributed by atoms with Crippen molar-refractivity contribution in [1.29, 1.82) is 5.41 Å².